The molecule has 1 aromatic carbocycles. The molecule has 1 N–H and O–H groups in total. The molecule has 2 amide bonds. The van der Waals surface area contributed by atoms with Gasteiger partial charge in [-0.3, -0.25) is 9.59 Å². The van der Waals surface area contributed by atoms with Crippen LogP contribution in [0.4, 0.5) is 0 Å². The monoisotopic (exact) mass is 404 g/mol. The number of carbonyl (C=O) groups excluding carboxylic acids is 2. The van der Waals surface area contributed by atoms with Crippen LogP contribution in [-0.2, 0) is 4.79 Å². The van der Waals surface area contributed by atoms with E-state index in [0.29, 0.717) is 23.1 Å². The largest absolute Gasteiger partial charge is 0.341 e. The van der Waals surface area contributed by atoms with Gasteiger partial charge in [0.1, 0.15) is 6.04 Å². The van der Waals surface area contributed by atoms with E-state index in [0.717, 1.165) is 4.47 Å². The van der Waals surface area contributed by atoms with E-state index in [2.05, 4.69) is 37.2 Å². The molecule has 0 spiro atoms. The van der Waals surface area contributed by atoms with E-state index in [4.69, 9.17) is 0 Å². The summed E-state index contributed by atoms with van der Waals surface area (Å²) < 4.78 is 1.57. The van der Waals surface area contributed by atoms with E-state index >= 15 is 0 Å². The predicted molar refractivity (Wildman–Crippen MR) is 86.7 cm³/mol. The molecular weight excluding hydrogens is 388 g/mol. The van der Waals surface area contributed by atoms with Crippen molar-refractivity contribution in [2.75, 3.05) is 13.1 Å². The molecule has 6 heteroatoms. The van der Waals surface area contributed by atoms with Crippen LogP contribution in [0.25, 0.3) is 0 Å². The van der Waals surface area contributed by atoms with E-state index in [1.807, 2.05) is 13.8 Å². The maximum absolute atomic E-state index is 12.2. The Morgan fingerprint density at radius 2 is 1.85 bits per heavy atom. The molecule has 1 aromatic rings. The fourth-order valence-corrected chi connectivity index (χ4v) is 3.05. The molecule has 0 saturated heterocycles. The Kier molecular flexibility index (Phi) is 6.68. The van der Waals surface area contributed by atoms with E-state index < -0.39 is 6.04 Å². The van der Waals surface area contributed by atoms with Gasteiger partial charge in [-0.25, -0.2) is 0 Å². The van der Waals surface area contributed by atoms with Crippen LogP contribution in [0.15, 0.2) is 27.1 Å². The molecule has 20 heavy (non-hydrogen) atoms. The summed E-state index contributed by atoms with van der Waals surface area (Å²) in [6.45, 7) is 6.81. The molecular formula is C14H18Br2N2O2. The summed E-state index contributed by atoms with van der Waals surface area (Å²) in [5.74, 6) is -0.339. The number of carbonyl (C=O) groups is 2. The molecule has 1 unspecified atom stereocenters. The number of likely N-dealkylation sites (N-methyl/N-ethyl adjacent to an activating group) is 1. The minimum atomic E-state index is -0.544. The predicted octanol–water partition coefficient (Wildman–Crippen LogP) is 3.20. The van der Waals surface area contributed by atoms with E-state index in [1.54, 1.807) is 30.0 Å². The minimum Gasteiger partial charge on any atom is -0.341 e. The molecule has 0 aromatic heterocycles. The van der Waals surface area contributed by atoms with Crippen LogP contribution in [0.3, 0.4) is 0 Å². The van der Waals surface area contributed by atoms with Gasteiger partial charge in [0, 0.05) is 22.0 Å². The second kappa shape index (κ2) is 7.78. The zero-order valence-electron chi connectivity index (χ0n) is 11.7. The van der Waals surface area contributed by atoms with Gasteiger partial charge < -0.3 is 10.2 Å². The Morgan fingerprint density at radius 1 is 1.25 bits per heavy atom. The Balaban J connectivity index is 2.77. The summed E-state index contributed by atoms with van der Waals surface area (Å²) in [6.07, 6.45) is 0. The van der Waals surface area contributed by atoms with Gasteiger partial charge in [-0.1, -0.05) is 15.9 Å². The fraction of sp³-hybridized carbons (Fsp3) is 0.429. The van der Waals surface area contributed by atoms with Crippen molar-refractivity contribution in [1.82, 2.24) is 10.2 Å². The van der Waals surface area contributed by atoms with Crippen LogP contribution < -0.4 is 5.32 Å². The maximum atomic E-state index is 12.2. The van der Waals surface area contributed by atoms with Crippen LogP contribution in [0.2, 0.25) is 0 Å². The van der Waals surface area contributed by atoms with E-state index in [-0.39, 0.29) is 11.8 Å². The lowest BCUT2D eigenvalue weighted by Gasteiger charge is -2.23. The van der Waals surface area contributed by atoms with Crippen molar-refractivity contribution in [1.29, 1.82) is 0 Å². The number of halogens is 2. The first-order chi connectivity index (χ1) is 9.40. The molecule has 0 aliphatic rings. The van der Waals surface area contributed by atoms with Gasteiger partial charge in [-0.05, 0) is 54.9 Å². The SMILES string of the molecule is CCN(CC)C(=O)C(C)NC(=O)c1ccc(Br)cc1Br. The smallest absolute Gasteiger partial charge is 0.253 e. The number of nitrogens with one attached hydrogen (secondary N) is 1. The van der Waals surface area contributed by atoms with Gasteiger partial charge in [0.25, 0.3) is 5.91 Å². The third-order valence-corrected chi connectivity index (χ3v) is 4.12. The van der Waals surface area contributed by atoms with Crippen molar-refractivity contribution < 1.29 is 9.59 Å². The zero-order chi connectivity index (χ0) is 15.3. The molecule has 0 heterocycles. The first kappa shape index (κ1) is 17.2. The highest BCUT2D eigenvalue weighted by Gasteiger charge is 2.21. The summed E-state index contributed by atoms with van der Waals surface area (Å²) in [5.41, 5.74) is 0.507. The van der Waals surface area contributed by atoms with Crippen LogP contribution in [0.5, 0.6) is 0 Å². The van der Waals surface area contributed by atoms with Crippen LogP contribution in [-0.4, -0.2) is 35.8 Å². The number of rotatable bonds is 5. The highest BCUT2D eigenvalue weighted by atomic mass is 79.9. The molecule has 0 radical (unpaired) electrons. The Bertz CT molecular complexity index is 502. The standard InChI is InChI=1S/C14H18Br2N2O2/c1-4-18(5-2)14(20)9(3)17-13(19)11-7-6-10(15)8-12(11)16/h6-9H,4-5H2,1-3H3,(H,17,19). The van der Waals surface area contributed by atoms with Crippen molar-refractivity contribution in [2.24, 2.45) is 0 Å². The van der Waals surface area contributed by atoms with Gasteiger partial charge >= 0.3 is 0 Å². The van der Waals surface area contributed by atoms with Gasteiger partial charge in [0.2, 0.25) is 5.91 Å². The van der Waals surface area contributed by atoms with Gasteiger partial charge in [0.05, 0.1) is 5.56 Å². The molecule has 0 aliphatic heterocycles. The number of hydrogen-bond donors (Lipinski definition) is 1. The highest BCUT2D eigenvalue weighted by Crippen LogP contribution is 2.21. The Hall–Kier alpha value is -0.880. The molecule has 4 nitrogen and oxygen atoms in total. The third-order valence-electron chi connectivity index (χ3n) is 2.97. The summed E-state index contributed by atoms with van der Waals surface area (Å²) in [5, 5.41) is 2.73. The lowest BCUT2D eigenvalue weighted by molar-refractivity contribution is -0.132. The van der Waals surface area contributed by atoms with Crippen LogP contribution in [0, 0.1) is 0 Å². The van der Waals surface area contributed by atoms with Crippen LogP contribution >= 0.6 is 31.9 Å². The lowest BCUT2D eigenvalue weighted by atomic mass is 10.2. The molecule has 0 bridgehead atoms. The Morgan fingerprint density at radius 3 is 2.35 bits per heavy atom. The summed E-state index contributed by atoms with van der Waals surface area (Å²) in [7, 11) is 0. The summed E-state index contributed by atoms with van der Waals surface area (Å²) in [4.78, 5) is 26.0. The number of amides is 2. The first-order valence-corrected chi connectivity index (χ1v) is 8.04. The number of benzene rings is 1. The first-order valence-electron chi connectivity index (χ1n) is 6.45. The molecule has 110 valence electrons. The molecule has 0 saturated carbocycles. The number of nitrogens with zero attached hydrogens (tertiary/aromatic N) is 1. The second-order valence-electron chi connectivity index (χ2n) is 4.33. The third kappa shape index (κ3) is 4.31. The van der Waals surface area contributed by atoms with Crippen molar-refractivity contribution in [3.63, 3.8) is 0 Å². The molecule has 1 rings (SSSR count). The average Bonchev–Trinajstić information content (AvgIpc) is 2.39. The molecule has 0 fully saturated rings. The van der Waals surface area contributed by atoms with Crippen LogP contribution in [0.1, 0.15) is 31.1 Å². The second-order valence-corrected chi connectivity index (χ2v) is 6.10. The summed E-state index contributed by atoms with van der Waals surface area (Å²) >= 11 is 6.68. The Labute approximate surface area is 136 Å². The molecule has 0 aliphatic carbocycles. The quantitative estimate of drug-likeness (QED) is 0.817. The van der Waals surface area contributed by atoms with Crippen molar-refractivity contribution in [2.45, 2.75) is 26.8 Å². The highest BCUT2D eigenvalue weighted by molar-refractivity contribution is 9.11. The van der Waals surface area contributed by atoms with Gasteiger partial charge in [0.15, 0.2) is 0 Å². The lowest BCUT2D eigenvalue weighted by Crippen LogP contribution is -2.46. The average molecular weight is 406 g/mol. The van der Waals surface area contributed by atoms with E-state index in [1.165, 1.54) is 0 Å². The zero-order valence-corrected chi connectivity index (χ0v) is 14.9. The van der Waals surface area contributed by atoms with Crippen molar-refractivity contribution >= 4 is 43.7 Å². The summed E-state index contributed by atoms with van der Waals surface area (Å²) in [6, 6.07) is 4.75. The fourth-order valence-electron chi connectivity index (χ4n) is 1.82. The molecule has 1 atom stereocenters. The van der Waals surface area contributed by atoms with Crippen molar-refractivity contribution in [3.8, 4) is 0 Å². The topological polar surface area (TPSA) is 49.4 Å². The minimum absolute atomic E-state index is 0.0726. The number of hydrogen-bond acceptors (Lipinski definition) is 2. The maximum Gasteiger partial charge on any atom is 0.253 e. The van der Waals surface area contributed by atoms with Crippen molar-refractivity contribution in [3.05, 3.63) is 32.7 Å². The van der Waals surface area contributed by atoms with Gasteiger partial charge in [-0.15, -0.1) is 0 Å². The normalized spacial score (nSPS) is 11.8. The van der Waals surface area contributed by atoms with Gasteiger partial charge in [-0.2, -0.15) is 0 Å². The van der Waals surface area contributed by atoms with E-state index in [9.17, 15) is 9.59 Å².